The second kappa shape index (κ2) is 11.0. The molecule has 0 aliphatic carbocycles. The van der Waals surface area contributed by atoms with Gasteiger partial charge in [-0.15, -0.1) is 11.3 Å². The zero-order valence-electron chi connectivity index (χ0n) is 20.6. The Morgan fingerprint density at radius 1 is 0.784 bits per heavy atom. The van der Waals surface area contributed by atoms with E-state index in [1.165, 1.54) is 25.7 Å². The van der Waals surface area contributed by atoms with E-state index in [0.29, 0.717) is 5.11 Å². The van der Waals surface area contributed by atoms with E-state index < -0.39 is 0 Å². The van der Waals surface area contributed by atoms with Crippen LogP contribution in [0.15, 0.2) is 34.1 Å². The first kappa shape index (κ1) is 24.7. The Kier molecular flexibility index (Phi) is 7.39. The van der Waals surface area contributed by atoms with Gasteiger partial charge in [0.15, 0.2) is 10.2 Å². The lowest BCUT2D eigenvalue weighted by atomic mass is 10.2. The van der Waals surface area contributed by atoms with Crippen molar-refractivity contribution in [2.45, 2.75) is 25.7 Å². The number of halogens is 1. The molecule has 0 radical (unpaired) electrons. The normalized spacial score (nSPS) is 18.1. The van der Waals surface area contributed by atoms with Crippen LogP contribution in [0.5, 0.6) is 0 Å². The minimum absolute atomic E-state index is 0.709. The highest BCUT2D eigenvalue weighted by molar-refractivity contribution is 9.10. The quantitative estimate of drug-likeness (QED) is 0.424. The lowest BCUT2D eigenvalue weighted by molar-refractivity contribution is 0.388. The molecule has 5 heterocycles. The Morgan fingerprint density at radius 3 is 1.92 bits per heavy atom. The summed E-state index contributed by atoms with van der Waals surface area (Å²) in [5.41, 5.74) is 2.02. The Labute approximate surface area is 235 Å². The number of benzene rings is 1. The third kappa shape index (κ3) is 5.65. The summed E-state index contributed by atoms with van der Waals surface area (Å²) in [6, 6.07) is 8.17. The number of rotatable bonds is 5. The Morgan fingerprint density at radius 2 is 1.35 bits per heavy atom. The number of thiocarbonyl (C=S) groups is 1. The monoisotopic (exact) mass is 599 g/mol. The molecule has 12 heteroatoms. The number of hydrogen-bond donors (Lipinski definition) is 1. The number of nitrogens with zero attached hydrogens (tertiary/aromatic N) is 8. The fourth-order valence-electron chi connectivity index (χ4n) is 4.99. The summed E-state index contributed by atoms with van der Waals surface area (Å²) in [6.07, 6.45) is 4.80. The van der Waals surface area contributed by atoms with Crippen LogP contribution >= 0.6 is 39.5 Å². The summed E-state index contributed by atoms with van der Waals surface area (Å²) >= 11 is 10.8. The number of aromatic nitrogens is 4. The minimum atomic E-state index is 0.709. The predicted octanol–water partition coefficient (Wildman–Crippen LogP) is 4.48. The van der Waals surface area contributed by atoms with E-state index in [-0.39, 0.29) is 0 Å². The number of piperazine rings is 1. The molecule has 3 saturated heterocycles. The highest BCUT2D eigenvalue weighted by Gasteiger charge is 2.26. The Hall–Kier alpha value is -2.57. The first-order chi connectivity index (χ1) is 18.1. The van der Waals surface area contributed by atoms with Crippen molar-refractivity contribution in [2.75, 3.05) is 72.4 Å². The van der Waals surface area contributed by atoms with Crippen LogP contribution < -0.4 is 20.0 Å². The summed E-state index contributed by atoms with van der Waals surface area (Å²) in [5.74, 6) is 2.44. The average Bonchev–Trinajstić information content (AvgIpc) is 3.72. The molecule has 3 aromatic rings. The van der Waals surface area contributed by atoms with E-state index in [9.17, 15) is 0 Å². The molecular formula is C25H30BrN9S2. The van der Waals surface area contributed by atoms with Gasteiger partial charge >= 0.3 is 0 Å². The molecule has 1 N–H and O–H groups in total. The minimum Gasteiger partial charge on any atom is -0.345 e. The molecule has 3 aliphatic heterocycles. The summed E-state index contributed by atoms with van der Waals surface area (Å²) < 4.78 is 1.04. The molecule has 3 aliphatic rings. The lowest BCUT2D eigenvalue weighted by Gasteiger charge is -2.36. The molecule has 2 aromatic heterocycles. The van der Waals surface area contributed by atoms with Crippen LogP contribution in [0.1, 0.15) is 25.7 Å². The Bertz CT molecular complexity index is 1210. The molecule has 0 atom stereocenters. The number of anilines is 4. The van der Waals surface area contributed by atoms with Crippen LogP contribution in [-0.4, -0.2) is 82.3 Å². The van der Waals surface area contributed by atoms with Gasteiger partial charge < -0.3 is 24.9 Å². The van der Waals surface area contributed by atoms with E-state index in [4.69, 9.17) is 32.2 Å². The second-order valence-corrected chi connectivity index (χ2v) is 11.7. The van der Waals surface area contributed by atoms with Gasteiger partial charge in [-0.2, -0.15) is 15.0 Å². The smallest absolute Gasteiger partial charge is 0.232 e. The standard InChI is InChI=1S/C25H30BrN9S2/c26-19-7-5-6-18(16-19)20-17-37-24(27-20)31-25(36)35-14-12-34(13-15-35)23-29-21(32-8-1-2-9-32)28-22(30-23)33-10-3-4-11-33/h5-7,16-17H,1-4,8-15H2,(H,27,31,36). The molecule has 37 heavy (non-hydrogen) atoms. The third-order valence-electron chi connectivity index (χ3n) is 7.07. The lowest BCUT2D eigenvalue weighted by Crippen LogP contribution is -2.50. The zero-order valence-corrected chi connectivity index (χ0v) is 23.9. The van der Waals surface area contributed by atoms with E-state index in [1.54, 1.807) is 11.3 Å². The van der Waals surface area contributed by atoms with Crippen LogP contribution in [0, 0.1) is 0 Å². The fraction of sp³-hybridized carbons (Fsp3) is 0.480. The average molecular weight is 601 g/mol. The molecule has 194 valence electrons. The number of nitrogens with one attached hydrogen (secondary N) is 1. The molecule has 9 nitrogen and oxygen atoms in total. The summed E-state index contributed by atoms with van der Waals surface area (Å²) in [5, 5.41) is 6.92. The SMILES string of the molecule is S=C(Nc1nc(-c2cccc(Br)c2)cs1)N1CCN(c2nc(N3CCCC3)nc(N3CCCC3)n2)CC1. The van der Waals surface area contributed by atoms with Crippen LogP contribution in [0.25, 0.3) is 11.3 Å². The molecule has 0 amide bonds. The summed E-state index contributed by atoms with van der Waals surface area (Å²) in [4.78, 5) is 28.5. The van der Waals surface area contributed by atoms with Crippen molar-refractivity contribution >= 4 is 67.6 Å². The van der Waals surface area contributed by atoms with E-state index in [1.807, 2.05) is 12.1 Å². The number of thiazole rings is 1. The maximum atomic E-state index is 5.75. The maximum absolute atomic E-state index is 5.75. The molecule has 6 rings (SSSR count). The van der Waals surface area contributed by atoms with Crippen molar-refractivity contribution < 1.29 is 0 Å². The highest BCUT2D eigenvalue weighted by Crippen LogP contribution is 2.28. The van der Waals surface area contributed by atoms with Gasteiger partial charge in [0.2, 0.25) is 17.8 Å². The van der Waals surface area contributed by atoms with Gasteiger partial charge in [0.25, 0.3) is 0 Å². The van der Waals surface area contributed by atoms with Gasteiger partial charge in [0.05, 0.1) is 5.69 Å². The van der Waals surface area contributed by atoms with Gasteiger partial charge in [0.1, 0.15) is 0 Å². The van der Waals surface area contributed by atoms with Crippen molar-refractivity contribution in [3.8, 4) is 11.3 Å². The Balaban J connectivity index is 1.10. The zero-order chi connectivity index (χ0) is 25.2. The molecule has 3 fully saturated rings. The molecule has 0 bridgehead atoms. The van der Waals surface area contributed by atoms with Crippen LogP contribution in [0.4, 0.5) is 23.0 Å². The molecule has 0 saturated carbocycles. The first-order valence-electron chi connectivity index (χ1n) is 12.9. The van der Waals surface area contributed by atoms with E-state index in [0.717, 1.165) is 91.1 Å². The van der Waals surface area contributed by atoms with Gasteiger partial charge in [-0.05, 0) is 50.0 Å². The van der Waals surface area contributed by atoms with Crippen LogP contribution in [-0.2, 0) is 0 Å². The van der Waals surface area contributed by atoms with Gasteiger partial charge in [0, 0.05) is 67.8 Å². The predicted molar refractivity (Wildman–Crippen MR) is 158 cm³/mol. The molecule has 0 unspecified atom stereocenters. The van der Waals surface area contributed by atoms with Crippen molar-refractivity contribution in [3.63, 3.8) is 0 Å². The number of hydrogen-bond acceptors (Lipinski definition) is 9. The summed E-state index contributed by atoms with van der Waals surface area (Å²) in [6.45, 7) is 7.33. The second-order valence-electron chi connectivity index (χ2n) is 9.58. The highest BCUT2D eigenvalue weighted by atomic mass is 79.9. The fourth-order valence-corrected chi connectivity index (χ4v) is 6.46. The van der Waals surface area contributed by atoms with Crippen molar-refractivity contribution in [1.82, 2.24) is 24.8 Å². The molecule has 1 aromatic carbocycles. The van der Waals surface area contributed by atoms with Gasteiger partial charge in [-0.3, -0.25) is 0 Å². The van der Waals surface area contributed by atoms with Crippen molar-refractivity contribution in [1.29, 1.82) is 0 Å². The molecular weight excluding hydrogens is 570 g/mol. The van der Waals surface area contributed by atoms with E-state index >= 15 is 0 Å². The van der Waals surface area contributed by atoms with Crippen molar-refractivity contribution in [2.24, 2.45) is 0 Å². The topological polar surface area (TPSA) is 76.6 Å². The maximum Gasteiger partial charge on any atom is 0.232 e. The van der Waals surface area contributed by atoms with Gasteiger partial charge in [-0.1, -0.05) is 28.1 Å². The van der Waals surface area contributed by atoms with Crippen LogP contribution in [0.2, 0.25) is 0 Å². The van der Waals surface area contributed by atoms with Crippen molar-refractivity contribution in [3.05, 3.63) is 34.1 Å². The third-order valence-corrected chi connectivity index (χ3v) is 8.68. The first-order valence-corrected chi connectivity index (χ1v) is 15.0. The van der Waals surface area contributed by atoms with Gasteiger partial charge in [-0.25, -0.2) is 4.98 Å². The summed E-state index contributed by atoms with van der Waals surface area (Å²) in [7, 11) is 0. The molecule has 0 spiro atoms. The van der Waals surface area contributed by atoms with Crippen LogP contribution in [0.3, 0.4) is 0 Å². The largest absolute Gasteiger partial charge is 0.345 e. The van der Waals surface area contributed by atoms with E-state index in [2.05, 4.69) is 58.4 Å².